The minimum absolute atomic E-state index is 0.0410. The molecule has 31 heavy (non-hydrogen) atoms. The number of amides is 1. The monoisotopic (exact) mass is 451 g/mol. The summed E-state index contributed by atoms with van der Waals surface area (Å²) in [6, 6.07) is 17.0. The summed E-state index contributed by atoms with van der Waals surface area (Å²) in [4.78, 5) is 12.8. The van der Waals surface area contributed by atoms with E-state index in [1.54, 1.807) is 18.2 Å². The summed E-state index contributed by atoms with van der Waals surface area (Å²) in [6.07, 6.45) is 3.47. The molecule has 3 aromatic rings. The van der Waals surface area contributed by atoms with Crippen molar-refractivity contribution in [3.05, 3.63) is 98.3 Å². The van der Waals surface area contributed by atoms with E-state index in [9.17, 15) is 10.1 Å². The van der Waals surface area contributed by atoms with Crippen LogP contribution in [0.25, 0.3) is 6.08 Å². The number of carbonyl (C=O) groups excluding carboxylic acids is 1. The number of halogens is 2. The van der Waals surface area contributed by atoms with E-state index < -0.39 is 5.91 Å². The van der Waals surface area contributed by atoms with Gasteiger partial charge in [-0.2, -0.15) is 5.26 Å². The number of aryl methyl sites for hydroxylation is 2. The molecule has 0 spiro atoms. The molecule has 158 valence electrons. The molecule has 1 amide bonds. The fourth-order valence-corrected chi connectivity index (χ4v) is 3.88. The van der Waals surface area contributed by atoms with E-state index in [0.29, 0.717) is 16.6 Å². The molecule has 3 rings (SSSR count). The topological polar surface area (TPSA) is 57.8 Å². The highest BCUT2D eigenvalue weighted by molar-refractivity contribution is 6.35. The Morgan fingerprint density at radius 2 is 1.97 bits per heavy atom. The first kappa shape index (κ1) is 22.7. The molecule has 0 radical (unpaired) electrons. The van der Waals surface area contributed by atoms with Crippen LogP contribution >= 0.6 is 23.2 Å². The Kier molecular flexibility index (Phi) is 7.22. The van der Waals surface area contributed by atoms with E-state index in [0.717, 1.165) is 27.9 Å². The number of aromatic nitrogens is 1. The normalized spacial score (nSPS) is 12.3. The number of benzene rings is 2. The smallest absolute Gasteiger partial charge is 0.262 e. The standard InChI is InChI=1S/C25H23Cl2N3O/c1-16-6-7-17(2)23(11-16)18(3)29-25(31)20(14-28)12-22-5-4-10-30(22)15-19-8-9-21(26)13-24(19)27/h4-13,18H,15H2,1-3H3,(H,29,31). The lowest BCUT2D eigenvalue weighted by Crippen LogP contribution is -2.28. The van der Waals surface area contributed by atoms with Gasteiger partial charge in [0.2, 0.25) is 0 Å². The molecular formula is C25H23Cl2N3O. The molecular weight excluding hydrogens is 429 g/mol. The molecule has 6 heteroatoms. The third-order valence-electron chi connectivity index (χ3n) is 5.13. The Morgan fingerprint density at radius 3 is 2.68 bits per heavy atom. The first-order valence-electron chi connectivity index (χ1n) is 9.87. The minimum Gasteiger partial charge on any atom is -0.345 e. The van der Waals surface area contributed by atoms with Crippen molar-refractivity contribution in [3.63, 3.8) is 0 Å². The van der Waals surface area contributed by atoms with Gasteiger partial charge in [-0.15, -0.1) is 0 Å². The number of nitrogens with zero attached hydrogens (tertiary/aromatic N) is 2. The van der Waals surface area contributed by atoms with Gasteiger partial charge >= 0.3 is 0 Å². The zero-order valence-electron chi connectivity index (χ0n) is 17.6. The van der Waals surface area contributed by atoms with Crippen molar-refractivity contribution >= 4 is 35.2 Å². The van der Waals surface area contributed by atoms with Gasteiger partial charge in [-0.05, 0) is 67.8 Å². The average molecular weight is 452 g/mol. The Bertz CT molecular complexity index is 1190. The summed E-state index contributed by atoms with van der Waals surface area (Å²) in [5.74, 6) is -0.409. The molecule has 0 fully saturated rings. The molecule has 0 aliphatic heterocycles. The predicted octanol–water partition coefficient (Wildman–Crippen LogP) is 6.24. The molecule has 2 aromatic carbocycles. The van der Waals surface area contributed by atoms with E-state index in [1.807, 2.05) is 67.9 Å². The fraction of sp³-hybridized carbons (Fsp3) is 0.200. The van der Waals surface area contributed by atoms with Crippen LogP contribution in [0.3, 0.4) is 0 Å². The number of rotatable bonds is 6. The van der Waals surface area contributed by atoms with Gasteiger partial charge in [-0.3, -0.25) is 4.79 Å². The van der Waals surface area contributed by atoms with Gasteiger partial charge in [0.25, 0.3) is 5.91 Å². The van der Waals surface area contributed by atoms with Crippen LogP contribution < -0.4 is 5.32 Å². The predicted molar refractivity (Wildman–Crippen MR) is 126 cm³/mol. The highest BCUT2D eigenvalue weighted by atomic mass is 35.5. The van der Waals surface area contributed by atoms with Crippen LogP contribution in [0.5, 0.6) is 0 Å². The second-order valence-electron chi connectivity index (χ2n) is 7.52. The molecule has 1 heterocycles. The fourth-order valence-electron chi connectivity index (χ4n) is 3.41. The average Bonchev–Trinajstić information content (AvgIpc) is 3.16. The van der Waals surface area contributed by atoms with Crippen LogP contribution in [-0.4, -0.2) is 10.5 Å². The highest BCUT2D eigenvalue weighted by Gasteiger charge is 2.16. The quantitative estimate of drug-likeness (QED) is 0.355. The Morgan fingerprint density at radius 1 is 1.19 bits per heavy atom. The van der Waals surface area contributed by atoms with E-state index in [-0.39, 0.29) is 11.6 Å². The highest BCUT2D eigenvalue weighted by Crippen LogP contribution is 2.23. The van der Waals surface area contributed by atoms with Crippen LogP contribution in [0.2, 0.25) is 10.0 Å². The van der Waals surface area contributed by atoms with Crippen LogP contribution in [0, 0.1) is 25.2 Å². The van der Waals surface area contributed by atoms with Gasteiger partial charge in [-0.25, -0.2) is 0 Å². The van der Waals surface area contributed by atoms with E-state index >= 15 is 0 Å². The summed E-state index contributed by atoms with van der Waals surface area (Å²) in [5.41, 5.74) is 4.91. The number of nitrogens with one attached hydrogen (secondary N) is 1. The van der Waals surface area contributed by atoms with Crippen LogP contribution in [0.4, 0.5) is 0 Å². The third-order valence-corrected chi connectivity index (χ3v) is 5.71. The maximum absolute atomic E-state index is 12.8. The van der Waals surface area contributed by atoms with Crippen molar-refractivity contribution < 1.29 is 4.79 Å². The van der Waals surface area contributed by atoms with Gasteiger partial charge in [0, 0.05) is 28.5 Å². The maximum atomic E-state index is 12.8. The first-order chi connectivity index (χ1) is 14.8. The van der Waals surface area contributed by atoms with Crippen molar-refractivity contribution in [2.45, 2.75) is 33.4 Å². The van der Waals surface area contributed by atoms with Gasteiger partial charge in [0.05, 0.1) is 6.04 Å². The summed E-state index contributed by atoms with van der Waals surface area (Å²) in [5, 5.41) is 13.7. The summed E-state index contributed by atoms with van der Waals surface area (Å²) < 4.78 is 1.92. The number of hydrogen-bond donors (Lipinski definition) is 1. The van der Waals surface area contributed by atoms with Crippen LogP contribution in [0.1, 0.15) is 40.9 Å². The second kappa shape index (κ2) is 9.87. The minimum atomic E-state index is -0.409. The molecule has 1 aromatic heterocycles. The lowest BCUT2D eigenvalue weighted by Gasteiger charge is -2.17. The Hall–Kier alpha value is -3.00. The van der Waals surface area contributed by atoms with Crippen LogP contribution in [-0.2, 0) is 11.3 Å². The Balaban J connectivity index is 1.80. The largest absolute Gasteiger partial charge is 0.345 e. The maximum Gasteiger partial charge on any atom is 0.262 e. The van der Waals surface area contributed by atoms with Crippen molar-refractivity contribution in [1.82, 2.24) is 9.88 Å². The van der Waals surface area contributed by atoms with E-state index in [1.165, 1.54) is 0 Å². The van der Waals surface area contributed by atoms with Crippen molar-refractivity contribution in [3.8, 4) is 6.07 Å². The molecule has 0 aliphatic rings. The van der Waals surface area contributed by atoms with E-state index in [4.69, 9.17) is 23.2 Å². The Labute approximate surface area is 192 Å². The second-order valence-corrected chi connectivity index (χ2v) is 8.37. The van der Waals surface area contributed by atoms with Gasteiger partial charge in [-0.1, -0.05) is 53.0 Å². The van der Waals surface area contributed by atoms with Crippen molar-refractivity contribution in [2.24, 2.45) is 0 Å². The first-order valence-corrected chi connectivity index (χ1v) is 10.6. The zero-order chi connectivity index (χ0) is 22.5. The molecule has 0 saturated carbocycles. The molecule has 1 atom stereocenters. The zero-order valence-corrected chi connectivity index (χ0v) is 19.1. The number of carbonyl (C=O) groups is 1. The molecule has 0 bridgehead atoms. The number of nitriles is 1. The van der Waals surface area contributed by atoms with Gasteiger partial charge in [0.15, 0.2) is 0 Å². The van der Waals surface area contributed by atoms with E-state index in [2.05, 4.69) is 11.4 Å². The van der Waals surface area contributed by atoms with Gasteiger partial charge in [0.1, 0.15) is 11.6 Å². The summed E-state index contributed by atoms with van der Waals surface area (Å²) >= 11 is 12.3. The molecule has 1 N–H and O–H groups in total. The summed E-state index contributed by atoms with van der Waals surface area (Å²) in [7, 11) is 0. The molecule has 0 saturated heterocycles. The molecule has 4 nitrogen and oxygen atoms in total. The molecule has 1 unspecified atom stereocenters. The van der Waals surface area contributed by atoms with Crippen LogP contribution in [0.15, 0.2) is 60.3 Å². The SMILES string of the molecule is Cc1ccc(C)c(C(C)NC(=O)C(C#N)=Cc2cccn2Cc2ccc(Cl)cc2Cl)c1. The number of hydrogen-bond acceptors (Lipinski definition) is 2. The third kappa shape index (κ3) is 5.58. The molecule has 0 aliphatic carbocycles. The van der Waals surface area contributed by atoms with Crippen molar-refractivity contribution in [1.29, 1.82) is 5.26 Å². The van der Waals surface area contributed by atoms with Crippen molar-refractivity contribution in [2.75, 3.05) is 0 Å². The summed E-state index contributed by atoms with van der Waals surface area (Å²) in [6.45, 7) is 6.43. The van der Waals surface area contributed by atoms with Gasteiger partial charge < -0.3 is 9.88 Å². The lowest BCUT2D eigenvalue weighted by atomic mass is 9.99. The lowest BCUT2D eigenvalue weighted by molar-refractivity contribution is -0.117.